The van der Waals surface area contributed by atoms with Gasteiger partial charge >= 0.3 is 12.0 Å². The lowest BCUT2D eigenvalue weighted by Gasteiger charge is -2.16. The molecule has 2 aromatic carbocycles. The van der Waals surface area contributed by atoms with Crippen LogP contribution in [0.25, 0.3) is 11.3 Å². The van der Waals surface area contributed by atoms with Crippen LogP contribution in [0.4, 0.5) is 16.2 Å². The fraction of sp³-hybridized carbons (Fsp3) is 0.250. The summed E-state index contributed by atoms with van der Waals surface area (Å²) < 4.78 is 5.09. The van der Waals surface area contributed by atoms with Crippen molar-refractivity contribution in [1.82, 2.24) is 10.5 Å². The molecule has 0 aliphatic heterocycles. The van der Waals surface area contributed by atoms with E-state index in [4.69, 9.17) is 4.52 Å². The highest BCUT2D eigenvalue weighted by molar-refractivity contribution is 6.00. The zero-order valence-corrected chi connectivity index (χ0v) is 18.8. The van der Waals surface area contributed by atoms with Gasteiger partial charge in [-0.15, -0.1) is 0 Å². The molecule has 3 amide bonds. The molecule has 172 valence electrons. The second-order valence-corrected chi connectivity index (χ2v) is 8.14. The average Bonchev–Trinajstić information content (AvgIpc) is 3.21. The Morgan fingerprint density at radius 2 is 1.52 bits per heavy atom. The Hall–Kier alpha value is -4.14. The van der Waals surface area contributed by atoms with E-state index in [9.17, 15) is 19.5 Å². The highest BCUT2D eigenvalue weighted by Gasteiger charge is 2.25. The molecule has 3 rings (SSSR count). The number of hydrogen-bond acceptors (Lipinski definition) is 5. The van der Waals surface area contributed by atoms with Gasteiger partial charge in [0, 0.05) is 23.0 Å². The molecule has 0 aliphatic carbocycles. The van der Waals surface area contributed by atoms with Crippen molar-refractivity contribution in [2.24, 2.45) is 5.92 Å². The van der Waals surface area contributed by atoms with E-state index in [1.165, 1.54) is 6.07 Å². The van der Waals surface area contributed by atoms with Crippen LogP contribution < -0.4 is 16.0 Å². The van der Waals surface area contributed by atoms with Crippen LogP contribution in [0.5, 0.6) is 0 Å². The van der Waals surface area contributed by atoms with Gasteiger partial charge in [-0.25, -0.2) is 9.59 Å². The maximum Gasteiger partial charge on any atom is 0.326 e. The number of carboxylic acid groups (broad SMARTS) is 1. The molecule has 3 aromatic rings. The molecule has 1 heterocycles. The normalized spacial score (nSPS) is 11.7. The minimum absolute atomic E-state index is 0.0908. The second-order valence-electron chi connectivity index (χ2n) is 8.14. The van der Waals surface area contributed by atoms with Gasteiger partial charge in [0.15, 0.2) is 0 Å². The number of anilines is 2. The molecular weight excluding hydrogens is 424 g/mol. The van der Waals surface area contributed by atoms with E-state index >= 15 is 0 Å². The summed E-state index contributed by atoms with van der Waals surface area (Å²) in [6, 6.07) is 12.7. The number of urea groups is 1. The monoisotopic (exact) mass is 450 g/mol. The van der Waals surface area contributed by atoms with Crippen LogP contribution in [0.2, 0.25) is 0 Å². The van der Waals surface area contributed by atoms with Gasteiger partial charge in [0.1, 0.15) is 11.7 Å². The van der Waals surface area contributed by atoms with Crippen molar-refractivity contribution in [3.8, 4) is 11.3 Å². The number of aryl methyl sites for hydroxylation is 2. The molecule has 1 atom stereocenters. The van der Waals surface area contributed by atoms with E-state index in [0.29, 0.717) is 22.6 Å². The third kappa shape index (κ3) is 6.19. The molecule has 0 unspecified atom stereocenters. The number of carbonyl (C=O) groups is 3. The number of nitrogens with zero attached hydrogens (tertiary/aromatic N) is 1. The minimum atomic E-state index is -1.12. The number of hydrogen-bond donors (Lipinski definition) is 4. The molecule has 0 aliphatic rings. The Balaban J connectivity index is 1.63. The molecule has 0 radical (unpaired) electrons. The molecule has 0 saturated heterocycles. The Morgan fingerprint density at radius 1 is 0.909 bits per heavy atom. The number of aromatic nitrogens is 1. The van der Waals surface area contributed by atoms with Crippen LogP contribution in [0, 0.1) is 19.8 Å². The summed E-state index contributed by atoms with van der Waals surface area (Å²) in [5.41, 5.74) is 4.46. The minimum Gasteiger partial charge on any atom is -0.480 e. The maximum atomic E-state index is 12.3. The van der Waals surface area contributed by atoms with Gasteiger partial charge in [0.2, 0.25) is 5.76 Å². The van der Waals surface area contributed by atoms with E-state index < -0.39 is 17.9 Å². The molecule has 4 N–H and O–H groups in total. The lowest BCUT2D eigenvalue weighted by molar-refractivity contribution is -0.140. The topological polar surface area (TPSA) is 134 Å². The zero-order valence-electron chi connectivity index (χ0n) is 18.8. The van der Waals surface area contributed by atoms with Gasteiger partial charge < -0.3 is 25.6 Å². The van der Waals surface area contributed by atoms with Gasteiger partial charge in [0.05, 0.1) is 0 Å². The summed E-state index contributed by atoms with van der Waals surface area (Å²) in [5.74, 6) is -2.16. The Kier molecular flexibility index (Phi) is 7.12. The van der Waals surface area contributed by atoms with Crippen LogP contribution in [0.1, 0.15) is 35.5 Å². The molecule has 9 nitrogen and oxygen atoms in total. The Labute approximate surface area is 191 Å². The van der Waals surface area contributed by atoms with Crippen molar-refractivity contribution < 1.29 is 24.0 Å². The Morgan fingerprint density at radius 3 is 2.09 bits per heavy atom. The first-order chi connectivity index (χ1) is 15.6. The van der Waals surface area contributed by atoms with E-state index in [0.717, 1.165) is 11.1 Å². The predicted octanol–water partition coefficient (Wildman–Crippen LogP) is 4.44. The SMILES string of the molecule is Cc1cc(C)cc(NC(=O)Nc2ccc(-c3cc(C(=O)N[C@H](C(=O)O)C(C)C)on3)cc2)c1. The van der Waals surface area contributed by atoms with E-state index in [1.807, 2.05) is 32.0 Å². The van der Waals surface area contributed by atoms with Crippen LogP contribution >= 0.6 is 0 Å². The largest absolute Gasteiger partial charge is 0.480 e. The smallest absolute Gasteiger partial charge is 0.326 e. The quantitative estimate of drug-likeness (QED) is 0.420. The summed E-state index contributed by atoms with van der Waals surface area (Å²) in [7, 11) is 0. The molecule has 0 bridgehead atoms. The van der Waals surface area contributed by atoms with Gasteiger partial charge in [0.25, 0.3) is 5.91 Å². The first-order valence-electron chi connectivity index (χ1n) is 10.4. The molecule has 0 saturated carbocycles. The zero-order chi connectivity index (χ0) is 24.1. The molecule has 0 spiro atoms. The van der Waals surface area contributed by atoms with Crippen molar-refractivity contribution in [1.29, 1.82) is 0 Å². The number of nitrogens with one attached hydrogen (secondary N) is 3. The maximum absolute atomic E-state index is 12.3. The molecule has 1 aromatic heterocycles. The predicted molar refractivity (Wildman–Crippen MR) is 124 cm³/mol. The number of carboxylic acids is 1. The van der Waals surface area contributed by atoms with E-state index in [1.54, 1.807) is 38.1 Å². The van der Waals surface area contributed by atoms with Crippen LogP contribution in [0.15, 0.2) is 53.1 Å². The van der Waals surface area contributed by atoms with Crippen molar-refractivity contribution in [2.45, 2.75) is 33.7 Å². The first kappa shape index (κ1) is 23.5. The van der Waals surface area contributed by atoms with Crippen molar-refractivity contribution in [2.75, 3.05) is 10.6 Å². The van der Waals surface area contributed by atoms with Crippen molar-refractivity contribution in [3.05, 3.63) is 65.4 Å². The number of carbonyl (C=O) groups excluding carboxylic acids is 2. The van der Waals surface area contributed by atoms with Gasteiger partial charge in [-0.05, 0) is 55.2 Å². The average molecular weight is 450 g/mol. The molecule has 0 fully saturated rings. The van der Waals surface area contributed by atoms with Crippen LogP contribution in [-0.4, -0.2) is 34.2 Å². The summed E-state index contributed by atoms with van der Waals surface area (Å²) >= 11 is 0. The van der Waals surface area contributed by atoms with E-state index in [-0.39, 0.29) is 17.7 Å². The third-order valence-electron chi connectivity index (χ3n) is 4.87. The highest BCUT2D eigenvalue weighted by atomic mass is 16.5. The Bertz CT molecular complexity index is 1150. The fourth-order valence-corrected chi connectivity index (χ4v) is 3.31. The van der Waals surface area contributed by atoms with Crippen molar-refractivity contribution in [3.63, 3.8) is 0 Å². The number of aliphatic carboxylic acids is 1. The van der Waals surface area contributed by atoms with Gasteiger partial charge in [-0.2, -0.15) is 0 Å². The summed E-state index contributed by atoms with van der Waals surface area (Å²) in [6.45, 7) is 7.32. The summed E-state index contributed by atoms with van der Waals surface area (Å²) in [5, 5.41) is 21.1. The number of amides is 3. The van der Waals surface area contributed by atoms with E-state index in [2.05, 4.69) is 21.1 Å². The second kappa shape index (κ2) is 9.99. The van der Waals surface area contributed by atoms with Gasteiger partial charge in [-0.3, -0.25) is 4.79 Å². The van der Waals surface area contributed by atoms with Crippen LogP contribution in [0.3, 0.4) is 0 Å². The molecular formula is C24H26N4O5. The molecule has 9 heteroatoms. The standard InChI is InChI=1S/C24H26N4O5/c1-13(2)21(23(30)31)27-22(29)20-12-19(28-33-20)16-5-7-17(8-6-16)25-24(32)26-18-10-14(3)9-15(4)11-18/h5-13,21H,1-4H3,(H,27,29)(H,30,31)(H2,25,26,32)/t21-/m0/s1. The first-order valence-corrected chi connectivity index (χ1v) is 10.4. The van der Waals surface area contributed by atoms with Crippen molar-refractivity contribution >= 4 is 29.3 Å². The van der Waals surface area contributed by atoms with Gasteiger partial charge in [-0.1, -0.05) is 37.2 Å². The fourth-order valence-electron chi connectivity index (χ4n) is 3.31. The number of rotatable bonds is 7. The summed E-state index contributed by atoms with van der Waals surface area (Å²) in [6.07, 6.45) is 0. The lowest BCUT2D eigenvalue weighted by atomic mass is 10.0. The third-order valence-corrected chi connectivity index (χ3v) is 4.87. The molecule has 33 heavy (non-hydrogen) atoms. The lowest BCUT2D eigenvalue weighted by Crippen LogP contribution is -2.44. The number of benzene rings is 2. The summed E-state index contributed by atoms with van der Waals surface area (Å²) in [4.78, 5) is 35.9. The highest BCUT2D eigenvalue weighted by Crippen LogP contribution is 2.22. The van der Waals surface area contributed by atoms with Crippen LogP contribution in [-0.2, 0) is 4.79 Å².